The van der Waals surface area contributed by atoms with E-state index in [1.165, 1.54) is 0 Å². The van der Waals surface area contributed by atoms with Gasteiger partial charge in [-0.3, -0.25) is 0 Å². The highest BCUT2D eigenvalue weighted by molar-refractivity contribution is 7.88. The Labute approximate surface area is 107 Å². The van der Waals surface area contributed by atoms with Crippen LogP contribution in [0.5, 0.6) is 0 Å². The highest BCUT2D eigenvalue weighted by Gasteiger charge is 2.13. The Balaban J connectivity index is 2.28. The summed E-state index contributed by atoms with van der Waals surface area (Å²) in [5.74, 6) is 0.389. The van der Waals surface area contributed by atoms with Crippen molar-refractivity contribution in [1.29, 1.82) is 0 Å². The van der Waals surface area contributed by atoms with E-state index in [0.29, 0.717) is 24.5 Å². The molecule has 7 nitrogen and oxygen atoms in total. The first kappa shape index (κ1) is 15.1. The van der Waals surface area contributed by atoms with Crippen LogP contribution in [0.3, 0.4) is 0 Å². The molecule has 1 rings (SSSR count). The summed E-state index contributed by atoms with van der Waals surface area (Å²) in [5, 5.41) is 15.5. The fourth-order valence-corrected chi connectivity index (χ4v) is 2.38. The summed E-state index contributed by atoms with van der Waals surface area (Å²) in [4.78, 5) is 0. The number of aliphatic hydroxyl groups is 1. The zero-order chi connectivity index (χ0) is 13.6. The zero-order valence-corrected chi connectivity index (χ0v) is 11.3. The summed E-state index contributed by atoms with van der Waals surface area (Å²) in [5.41, 5.74) is 0.386. The molecule has 0 aromatic carbocycles. The standard InChI is InChI=1S/C10H19N3O4S/c1-8(14)6-11-3-4-12-18(15,16)7-10-5-9(2)17-13-10/h5,8,11-12,14H,3-4,6-7H2,1-2H3. The second-order valence-corrected chi connectivity index (χ2v) is 5.94. The molecule has 3 N–H and O–H groups in total. The molecule has 0 aliphatic carbocycles. The second-order valence-electron chi connectivity index (χ2n) is 4.14. The molecular weight excluding hydrogens is 258 g/mol. The minimum atomic E-state index is -3.40. The number of nitrogens with one attached hydrogen (secondary N) is 2. The molecule has 0 amide bonds. The Bertz CT molecular complexity index is 455. The Hall–Kier alpha value is -0.960. The van der Waals surface area contributed by atoms with Gasteiger partial charge in [0, 0.05) is 25.7 Å². The molecule has 0 fully saturated rings. The molecule has 0 saturated carbocycles. The van der Waals surface area contributed by atoms with Crippen LogP contribution < -0.4 is 10.0 Å². The fraction of sp³-hybridized carbons (Fsp3) is 0.700. The number of rotatable bonds is 8. The van der Waals surface area contributed by atoms with Gasteiger partial charge in [0.05, 0.1) is 6.10 Å². The minimum absolute atomic E-state index is 0.194. The van der Waals surface area contributed by atoms with Gasteiger partial charge in [-0.25, -0.2) is 13.1 Å². The van der Waals surface area contributed by atoms with Crippen LogP contribution in [0.4, 0.5) is 0 Å². The smallest absolute Gasteiger partial charge is 0.217 e. The van der Waals surface area contributed by atoms with Crippen LogP contribution in [0.1, 0.15) is 18.4 Å². The van der Waals surface area contributed by atoms with Crippen LogP contribution in [0.25, 0.3) is 0 Å². The van der Waals surface area contributed by atoms with Gasteiger partial charge in [-0.15, -0.1) is 0 Å². The van der Waals surface area contributed by atoms with Crippen LogP contribution in [-0.2, 0) is 15.8 Å². The van der Waals surface area contributed by atoms with E-state index in [-0.39, 0.29) is 12.3 Å². The van der Waals surface area contributed by atoms with Gasteiger partial charge in [0.15, 0.2) is 0 Å². The summed E-state index contributed by atoms with van der Waals surface area (Å²) >= 11 is 0. The second kappa shape index (κ2) is 6.83. The first-order valence-electron chi connectivity index (χ1n) is 5.67. The van der Waals surface area contributed by atoms with Gasteiger partial charge < -0.3 is 14.9 Å². The van der Waals surface area contributed by atoms with E-state index in [1.807, 2.05) is 0 Å². The molecule has 1 atom stereocenters. The molecule has 0 radical (unpaired) electrons. The Morgan fingerprint density at radius 3 is 2.78 bits per heavy atom. The van der Waals surface area contributed by atoms with Crippen molar-refractivity contribution in [2.24, 2.45) is 0 Å². The van der Waals surface area contributed by atoms with Gasteiger partial charge in [0.25, 0.3) is 0 Å². The molecule has 8 heteroatoms. The molecule has 1 unspecified atom stereocenters. The first-order chi connectivity index (χ1) is 8.39. The van der Waals surface area contributed by atoms with Crippen molar-refractivity contribution in [2.75, 3.05) is 19.6 Å². The maximum Gasteiger partial charge on any atom is 0.217 e. The van der Waals surface area contributed by atoms with Crippen molar-refractivity contribution >= 4 is 10.0 Å². The van der Waals surface area contributed by atoms with E-state index < -0.39 is 16.1 Å². The summed E-state index contributed by atoms with van der Waals surface area (Å²) in [7, 11) is -3.40. The summed E-state index contributed by atoms with van der Waals surface area (Å²) < 4.78 is 30.5. The summed E-state index contributed by atoms with van der Waals surface area (Å²) in [6.45, 7) is 4.53. The van der Waals surface area contributed by atoms with Crippen molar-refractivity contribution in [3.05, 3.63) is 17.5 Å². The highest BCUT2D eigenvalue weighted by atomic mass is 32.2. The predicted octanol–water partition coefficient (Wildman–Crippen LogP) is -0.627. The lowest BCUT2D eigenvalue weighted by atomic mass is 10.4. The van der Waals surface area contributed by atoms with E-state index in [2.05, 4.69) is 15.2 Å². The van der Waals surface area contributed by atoms with E-state index in [4.69, 9.17) is 9.63 Å². The number of sulfonamides is 1. The number of aryl methyl sites for hydroxylation is 1. The van der Waals surface area contributed by atoms with Crippen molar-refractivity contribution in [1.82, 2.24) is 15.2 Å². The van der Waals surface area contributed by atoms with E-state index in [1.54, 1.807) is 19.9 Å². The lowest BCUT2D eigenvalue weighted by molar-refractivity contribution is 0.192. The van der Waals surface area contributed by atoms with Crippen LogP contribution in [0.2, 0.25) is 0 Å². The molecule has 1 aromatic heterocycles. The third-order valence-electron chi connectivity index (χ3n) is 2.08. The van der Waals surface area contributed by atoms with Crippen molar-refractivity contribution < 1.29 is 18.0 Å². The van der Waals surface area contributed by atoms with Crippen LogP contribution in [0, 0.1) is 6.92 Å². The average Bonchev–Trinajstić information content (AvgIpc) is 2.61. The molecule has 0 bridgehead atoms. The maximum absolute atomic E-state index is 11.6. The topological polar surface area (TPSA) is 104 Å². The average molecular weight is 277 g/mol. The van der Waals surface area contributed by atoms with E-state index in [9.17, 15) is 8.42 Å². The lowest BCUT2D eigenvalue weighted by Crippen LogP contribution is -2.35. The highest BCUT2D eigenvalue weighted by Crippen LogP contribution is 2.05. The number of hydrogen-bond acceptors (Lipinski definition) is 6. The maximum atomic E-state index is 11.6. The van der Waals surface area contributed by atoms with E-state index >= 15 is 0 Å². The number of hydrogen-bond donors (Lipinski definition) is 3. The van der Waals surface area contributed by atoms with Gasteiger partial charge in [0.1, 0.15) is 17.2 Å². The van der Waals surface area contributed by atoms with Crippen molar-refractivity contribution in [3.63, 3.8) is 0 Å². The number of aliphatic hydroxyl groups excluding tert-OH is 1. The first-order valence-corrected chi connectivity index (χ1v) is 7.32. The molecule has 0 aliphatic heterocycles. The minimum Gasteiger partial charge on any atom is -0.392 e. The monoisotopic (exact) mass is 277 g/mol. The predicted molar refractivity (Wildman–Crippen MR) is 66.4 cm³/mol. The summed E-state index contributed by atoms with van der Waals surface area (Å²) in [6, 6.07) is 1.59. The fourth-order valence-electron chi connectivity index (χ4n) is 1.34. The lowest BCUT2D eigenvalue weighted by Gasteiger charge is -2.08. The molecule has 0 saturated heterocycles. The molecule has 104 valence electrons. The molecular formula is C10H19N3O4S. The molecule has 0 spiro atoms. The quantitative estimate of drug-likeness (QED) is 0.547. The number of aromatic nitrogens is 1. The van der Waals surface area contributed by atoms with Gasteiger partial charge in [-0.2, -0.15) is 0 Å². The van der Waals surface area contributed by atoms with Crippen LogP contribution >= 0.6 is 0 Å². The van der Waals surface area contributed by atoms with Crippen LogP contribution in [0.15, 0.2) is 10.6 Å². The van der Waals surface area contributed by atoms with Gasteiger partial charge >= 0.3 is 0 Å². The Morgan fingerprint density at radius 2 is 2.22 bits per heavy atom. The third-order valence-corrected chi connectivity index (χ3v) is 3.40. The van der Waals surface area contributed by atoms with Gasteiger partial charge in [0.2, 0.25) is 10.0 Å². The van der Waals surface area contributed by atoms with Crippen LogP contribution in [-0.4, -0.2) is 44.4 Å². The Kier molecular flexibility index (Phi) is 5.73. The SMILES string of the molecule is Cc1cc(CS(=O)(=O)NCCNCC(C)O)no1. The molecule has 1 aromatic rings. The van der Waals surface area contributed by atoms with E-state index in [0.717, 1.165) is 0 Å². The normalized spacial score (nSPS) is 13.7. The molecule has 1 heterocycles. The van der Waals surface area contributed by atoms with Crippen molar-refractivity contribution in [2.45, 2.75) is 25.7 Å². The van der Waals surface area contributed by atoms with Gasteiger partial charge in [-0.05, 0) is 13.8 Å². The largest absolute Gasteiger partial charge is 0.392 e. The van der Waals surface area contributed by atoms with Gasteiger partial charge in [-0.1, -0.05) is 5.16 Å². The summed E-state index contributed by atoms with van der Waals surface area (Å²) in [6.07, 6.45) is -0.445. The molecule has 18 heavy (non-hydrogen) atoms. The van der Waals surface area contributed by atoms with Crippen molar-refractivity contribution in [3.8, 4) is 0 Å². The molecule has 0 aliphatic rings. The number of nitrogens with zero attached hydrogens (tertiary/aromatic N) is 1. The zero-order valence-electron chi connectivity index (χ0n) is 10.5. The Morgan fingerprint density at radius 1 is 1.50 bits per heavy atom. The third kappa shape index (κ3) is 6.10.